The molecule has 0 saturated heterocycles. The first-order valence-electron chi connectivity index (χ1n) is 7.56. The number of carbonyl (C=O) groups excluding carboxylic acids is 1. The number of pyridine rings is 1. The van der Waals surface area contributed by atoms with Crippen LogP contribution in [0.3, 0.4) is 0 Å². The first kappa shape index (κ1) is 15.9. The van der Waals surface area contributed by atoms with E-state index in [1.54, 1.807) is 12.1 Å². The lowest BCUT2D eigenvalue weighted by molar-refractivity contribution is 0.00633. The van der Waals surface area contributed by atoms with Crippen LogP contribution in [0.1, 0.15) is 31.3 Å². The number of rotatable bonds is 2. The molecule has 2 heterocycles. The lowest BCUT2D eigenvalue weighted by Gasteiger charge is -2.19. The predicted molar refractivity (Wildman–Crippen MR) is 92.3 cm³/mol. The summed E-state index contributed by atoms with van der Waals surface area (Å²) in [4.78, 5) is 25.2. The molecule has 122 valence electrons. The summed E-state index contributed by atoms with van der Waals surface area (Å²) in [7, 11) is 0. The van der Waals surface area contributed by atoms with E-state index in [4.69, 9.17) is 10.5 Å². The number of hydrogen-bond donors (Lipinski definition) is 1. The lowest BCUT2D eigenvalue weighted by atomic mass is 10.1. The van der Waals surface area contributed by atoms with Crippen molar-refractivity contribution in [3.05, 3.63) is 48.2 Å². The van der Waals surface area contributed by atoms with Gasteiger partial charge in [0.2, 0.25) is 5.95 Å². The Hall–Kier alpha value is -3.02. The molecule has 0 aliphatic rings. The Kier molecular flexibility index (Phi) is 3.89. The highest BCUT2D eigenvalue weighted by atomic mass is 16.6. The third kappa shape index (κ3) is 3.32. The Labute approximate surface area is 139 Å². The molecule has 0 bridgehead atoms. The Bertz CT molecular complexity index is 902. The molecule has 0 amide bonds. The van der Waals surface area contributed by atoms with E-state index in [9.17, 15) is 4.79 Å². The summed E-state index contributed by atoms with van der Waals surface area (Å²) in [6.07, 6.45) is 0. The molecule has 0 aliphatic carbocycles. The topological polar surface area (TPSA) is 91.0 Å². The van der Waals surface area contributed by atoms with Crippen molar-refractivity contribution in [3.63, 3.8) is 0 Å². The van der Waals surface area contributed by atoms with Gasteiger partial charge in [-0.15, -0.1) is 0 Å². The number of ether oxygens (including phenoxy) is 1. The third-order valence-corrected chi connectivity index (χ3v) is 3.21. The van der Waals surface area contributed by atoms with Gasteiger partial charge in [-0.2, -0.15) is 0 Å². The van der Waals surface area contributed by atoms with Gasteiger partial charge in [-0.3, -0.25) is 0 Å². The highest BCUT2D eigenvalue weighted by molar-refractivity contribution is 5.95. The highest BCUT2D eigenvalue weighted by Crippen LogP contribution is 2.25. The molecule has 0 saturated carbocycles. The number of nitrogens with zero attached hydrogens (tertiary/aromatic N) is 3. The number of carbonyl (C=O) groups is 1. The standard InChI is InChI=1S/C18H18N4O2/c1-18(2,3)24-16(23)13-10-9-12-15(20-13)14(22-17(19)21-12)11-7-5-4-6-8-11/h4-10H,1-3H3,(H2,19,21,22). The zero-order valence-corrected chi connectivity index (χ0v) is 13.8. The van der Waals surface area contributed by atoms with Crippen LogP contribution in [0.4, 0.5) is 5.95 Å². The van der Waals surface area contributed by atoms with Gasteiger partial charge < -0.3 is 10.5 Å². The van der Waals surface area contributed by atoms with Crippen molar-refractivity contribution in [1.82, 2.24) is 15.0 Å². The van der Waals surface area contributed by atoms with Crippen LogP contribution in [0, 0.1) is 0 Å². The first-order valence-corrected chi connectivity index (χ1v) is 7.56. The van der Waals surface area contributed by atoms with E-state index >= 15 is 0 Å². The van der Waals surface area contributed by atoms with Gasteiger partial charge in [0.25, 0.3) is 0 Å². The molecule has 0 radical (unpaired) electrons. The minimum Gasteiger partial charge on any atom is -0.455 e. The van der Waals surface area contributed by atoms with E-state index in [1.807, 2.05) is 51.1 Å². The maximum absolute atomic E-state index is 12.3. The Morgan fingerprint density at radius 3 is 2.38 bits per heavy atom. The smallest absolute Gasteiger partial charge is 0.357 e. The molecule has 0 fully saturated rings. The summed E-state index contributed by atoms with van der Waals surface area (Å²) in [5.74, 6) is -0.326. The molecule has 1 aromatic carbocycles. The number of nitrogens with two attached hydrogens (primary N) is 1. The number of aromatic nitrogens is 3. The second-order valence-electron chi connectivity index (χ2n) is 6.36. The van der Waals surface area contributed by atoms with Gasteiger partial charge in [0.05, 0.1) is 5.52 Å². The van der Waals surface area contributed by atoms with Gasteiger partial charge in [0.1, 0.15) is 22.5 Å². The fraction of sp³-hybridized carbons (Fsp3) is 0.222. The monoisotopic (exact) mass is 322 g/mol. The number of nitrogen functional groups attached to an aromatic ring is 1. The number of hydrogen-bond acceptors (Lipinski definition) is 6. The Balaban J connectivity index is 2.15. The van der Waals surface area contributed by atoms with Crippen LogP contribution < -0.4 is 5.73 Å². The van der Waals surface area contributed by atoms with Crippen molar-refractivity contribution < 1.29 is 9.53 Å². The largest absolute Gasteiger partial charge is 0.455 e. The third-order valence-electron chi connectivity index (χ3n) is 3.21. The maximum Gasteiger partial charge on any atom is 0.357 e. The van der Waals surface area contributed by atoms with Gasteiger partial charge in [-0.1, -0.05) is 30.3 Å². The van der Waals surface area contributed by atoms with Crippen LogP contribution in [0.2, 0.25) is 0 Å². The molecule has 0 aliphatic heterocycles. The number of fused-ring (bicyclic) bond motifs is 1. The molecule has 3 rings (SSSR count). The molecule has 24 heavy (non-hydrogen) atoms. The summed E-state index contributed by atoms with van der Waals surface area (Å²) < 4.78 is 5.38. The number of esters is 1. The van der Waals surface area contributed by atoms with Gasteiger partial charge in [-0.25, -0.2) is 19.7 Å². The number of anilines is 1. The van der Waals surface area contributed by atoms with E-state index in [0.29, 0.717) is 16.7 Å². The predicted octanol–water partition coefficient (Wildman–Crippen LogP) is 3.23. The van der Waals surface area contributed by atoms with Crippen LogP contribution >= 0.6 is 0 Å². The van der Waals surface area contributed by atoms with Crippen molar-refractivity contribution in [2.75, 3.05) is 5.73 Å². The fourth-order valence-corrected chi connectivity index (χ4v) is 2.27. The maximum atomic E-state index is 12.3. The van der Waals surface area contributed by atoms with Crippen molar-refractivity contribution in [1.29, 1.82) is 0 Å². The molecule has 0 unspecified atom stereocenters. The summed E-state index contributed by atoms with van der Waals surface area (Å²) in [5.41, 5.74) is 7.95. The van der Waals surface area contributed by atoms with Crippen LogP contribution in [-0.2, 0) is 4.74 Å². The van der Waals surface area contributed by atoms with Gasteiger partial charge in [0, 0.05) is 5.56 Å². The Morgan fingerprint density at radius 1 is 1.00 bits per heavy atom. The van der Waals surface area contributed by atoms with Gasteiger partial charge in [-0.05, 0) is 32.9 Å². The van der Waals surface area contributed by atoms with Gasteiger partial charge >= 0.3 is 5.97 Å². The molecule has 6 nitrogen and oxygen atoms in total. The molecule has 0 spiro atoms. The molecular formula is C18H18N4O2. The second kappa shape index (κ2) is 5.88. The van der Waals surface area contributed by atoms with Crippen molar-refractivity contribution in [2.24, 2.45) is 0 Å². The molecule has 2 aromatic heterocycles. The average molecular weight is 322 g/mol. The molecule has 3 aromatic rings. The van der Waals surface area contributed by atoms with Crippen LogP contribution in [0.5, 0.6) is 0 Å². The quantitative estimate of drug-likeness (QED) is 0.728. The van der Waals surface area contributed by atoms with Crippen LogP contribution in [0.15, 0.2) is 42.5 Å². The minimum absolute atomic E-state index is 0.160. The second-order valence-corrected chi connectivity index (χ2v) is 6.36. The van der Waals surface area contributed by atoms with Crippen molar-refractivity contribution in [3.8, 4) is 11.3 Å². The van der Waals surface area contributed by atoms with Crippen LogP contribution in [-0.4, -0.2) is 26.5 Å². The molecule has 0 atom stereocenters. The first-order chi connectivity index (χ1) is 11.3. The van der Waals surface area contributed by atoms with E-state index < -0.39 is 11.6 Å². The minimum atomic E-state index is -0.590. The zero-order chi connectivity index (χ0) is 17.3. The SMILES string of the molecule is CC(C)(C)OC(=O)c1ccc2nc(N)nc(-c3ccccc3)c2n1. The van der Waals surface area contributed by atoms with Crippen LogP contribution in [0.25, 0.3) is 22.3 Å². The van der Waals surface area contributed by atoms with Crippen molar-refractivity contribution >= 4 is 23.0 Å². The molecule has 2 N–H and O–H groups in total. The fourth-order valence-electron chi connectivity index (χ4n) is 2.27. The van der Waals surface area contributed by atoms with Gasteiger partial charge in [0.15, 0.2) is 0 Å². The van der Waals surface area contributed by atoms with E-state index in [2.05, 4.69) is 15.0 Å². The number of benzene rings is 1. The van der Waals surface area contributed by atoms with Crippen molar-refractivity contribution in [2.45, 2.75) is 26.4 Å². The summed E-state index contributed by atoms with van der Waals surface area (Å²) in [6, 6.07) is 12.8. The summed E-state index contributed by atoms with van der Waals surface area (Å²) in [5, 5.41) is 0. The zero-order valence-electron chi connectivity index (χ0n) is 13.8. The Morgan fingerprint density at radius 2 is 1.71 bits per heavy atom. The lowest BCUT2D eigenvalue weighted by Crippen LogP contribution is -2.24. The highest BCUT2D eigenvalue weighted by Gasteiger charge is 2.20. The van der Waals surface area contributed by atoms with E-state index in [1.165, 1.54) is 0 Å². The summed E-state index contributed by atoms with van der Waals surface area (Å²) in [6.45, 7) is 5.43. The average Bonchev–Trinajstić information content (AvgIpc) is 2.53. The van der Waals surface area contributed by atoms with E-state index in [0.717, 1.165) is 5.56 Å². The summed E-state index contributed by atoms with van der Waals surface area (Å²) >= 11 is 0. The molecular weight excluding hydrogens is 304 g/mol. The normalized spacial score (nSPS) is 11.5. The van der Waals surface area contributed by atoms with E-state index in [-0.39, 0.29) is 11.6 Å². The molecule has 6 heteroatoms.